The molecule has 1 aliphatic rings. The summed E-state index contributed by atoms with van der Waals surface area (Å²) in [5, 5.41) is 5.30. The van der Waals surface area contributed by atoms with E-state index in [1.807, 2.05) is 13.8 Å². The van der Waals surface area contributed by atoms with Gasteiger partial charge in [0.2, 0.25) is 10.0 Å². The molecule has 1 amide bonds. The molecule has 2 N–H and O–H groups in total. The van der Waals surface area contributed by atoms with Gasteiger partial charge in [-0.25, -0.2) is 13.6 Å². The quantitative estimate of drug-likeness (QED) is 0.899. The predicted octanol–water partition coefficient (Wildman–Crippen LogP) is 2.25. The molecule has 7 heteroatoms. The van der Waals surface area contributed by atoms with E-state index in [9.17, 15) is 13.2 Å². The van der Waals surface area contributed by atoms with Crippen molar-refractivity contribution in [3.8, 4) is 0 Å². The first-order valence-electron chi connectivity index (χ1n) is 6.84. The van der Waals surface area contributed by atoms with E-state index in [1.54, 1.807) is 4.90 Å². The first kappa shape index (κ1) is 16.3. The number of nitrogens with zero attached hydrogens (tertiary/aromatic N) is 1. The first-order chi connectivity index (χ1) is 9.71. The molecule has 0 atom stereocenters. The molecular weight excluding hydrogens is 312 g/mol. The van der Waals surface area contributed by atoms with Crippen LogP contribution in [0.4, 0.5) is 0 Å². The summed E-state index contributed by atoms with van der Waals surface area (Å²) in [6.45, 7) is 4.41. The SMILES string of the molecule is CC(C)N(CC1CC1)C(=O)c1c(Cl)cccc1S(N)(=O)=O. The van der Waals surface area contributed by atoms with Crippen molar-refractivity contribution in [2.75, 3.05) is 6.54 Å². The average Bonchev–Trinajstić information content (AvgIpc) is 3.17. The van der Waals surface area contributed by atoms with Gasteiger partial charge in [-0.1, -0.05) is 17.7 Å². The Balaban J connectivity index is 2.46. The molecule has 5 nitrogen and oxygen atoms in total. The van der Waals surface area contributed by atoms with E-state index in [1.165, 1.54) is 18.2 Å². The van der Waals surface area contributed by atoms with E-state index in [0.29, 0.717) is 12.5 Å². The van der Waals surface area contributed by atoms with Crippen molar-refractivity contribution in [3.63, 3.8) is 0 Å². The number of hydrogen-bond donors (Lipinski definition) is 1. The van der Waals surface area contributed by atoms with Gasteiger partial charge in [0, 0.05) is 12.6 Å². The summed E-state index contributed by atoms with van der Waals surface area (Å²) in [4.78, 5) is 14.2. The minimum Gasteiger partial charge on any atom is -0.336 e. The lowest BCUT2D eigenvalue weighted by atomic mass is 10.1. The molecule has 21 heavy (non-hydrogen) atoms. The highest BCUT2D eigenvalue weighted by atomic mass is 35.5. The number of halogens is 1. The van der Waals surface area contributed by atoms with Crippen molar-refractivity contribution < 1.29 is 13.2 Å². The number of hydrogen-bond acceptors (Lipinski definition) is 3. The number of rotatable bonds is 5. The topological polar surface area (TPSA) is 80.5 Å². The fraction of sp³-hybridized carbons (Fsp3) is 0.500. The zero-order valence-electron chi connectivity index (χ0n) is 12.0. The van der Waals surface area contributed by atoms with Crippen molar-refractivity contribution >= 4 is 27.5 Å². The van der Waals surface area contributed by atoms with E-state index < -0.39 is 10.0 Å². The van der Waals surface area contributed by atoms with Crippen LogP contribution in [-0.2, 0) is 10.0 Å². The van der Waals surface area contributed by atoms with Gasteiger partial charge in [0.25, 0.3) is 5.91 Å². The molecule has 1 fully saturated rings. The first-order valence-corrected chi connectivity index (χ1v) is 8.76. The summed E-state index contributed by atoms with van der Waals surface area (Å²) in [6.07, 6.45) is 2.20. The van der Waals surface area contributed by atoms with E-state index >= 15 is 0 Å². The number of sulfonamides is 1. The highest BCUT2D eigenvalue weighted by Gasteiger charge is 2.32. The summed E-state index contributed by atoms with van der Waals surface area (Å²) in [7, 11) is -4.01. The molecule has 1 aliphatic carbocycles. The van der Waals surface area contributed by atoms with Crippen LogP contribution in [0.2, 0.25) is 5.02 Å². The summed E-state index contributed by atoms with van der Waals surface area (Å²) in [5.74, 6) is 0.114. The highest BCUT2D eigenvalue weighted by molar-refractivity contribution is 7.89. The molecular formula is C14H19ClN2O3S. The largest absolute Gasteiger partial charge is 0.336 e. The Bertz CT molecular complexity index is 654. The smallest absolute Gasteiger partial charge is 0.256 e. The molecule has 116 valence electrons. The average molecular weight is 331 g/mol. The summed E-state index contributed by atoms with van der Waals surface area (Å²) in [6, 6.07) is 4.24. The molecule has 0 heterocycles. The lowest BCUT2D eigenvalue weighted by molar-refractivity contribution is 0.0692. The van der Waals surface area contributed by atoms with E-state index in [4.69, 9.17) is 16.7 Å². The third-order valence-electron chi connectivity index (χ3n) is 3.53. The molecule has 0 aromatic heterocycles. The third-order valence-corrected chi connectivity index (χ3v) is 4.80. The predicted molar refractivity (Wildman–Crippen MR) is 81.7 cm³/mol. The van der Waals surface area contributed by atoms with Crippen molar-refractivity contribution in [2.45, 2.75) is 37.6 Å². The van der Waals surface area contributed by atoms with Crippen LogP contribution in [0, 0.1) is 5.92 Å². The Morgan fingerprint density at radius 2 is 2.05 bits per heavy atom. The van der Waals surface area contributed by atoms with Crippen molar-refractivity contribution in [3.05, 3.63) is 28.8 Å². The molecule has 1 aromatic rings. The zero-order valence-corrected chi connectivity index (χ0v) is 13.6. The maximum absolute atomic E-state index is 12.8. The van der Waals surface area contributed by atoms with Gasteiger partial charge >= 0.3 is 0 Å². The summed E-state index contributed by atoms with van der Waals surface area (Å²) in [5.41, 5.74) is -0.0315. The Kier molecular flexibility index (Phi) is 4.60. The zero-order chi connectivity index (χ0) is 15.8. The lowest BCUT2D eigenvalue weighted by Gasteiger charge is -2.28. The van der Waals surface area contributed by atoms with E-state index in [2.05, 4.69) is 0 Å². The number of primary sulfonamides is 1. The molecule has 0 aliphatic heterocycles. The van der Waals surface area contributed by atoms with Gasteiger partial charge in [0.15, 0.2) is 0 Å². The number of benzene rings is 1. The van der Waals surface area contributed by atoms with Crippen molar-refractivity contribution in [1.29, 1.82) is 0 Å². The van der Waals surface area contributed by atoms with Gasteiger partial charge in [0.1, 0.15) is 0 Å². The molecule has 1 aromatic carbocycles. The fourth-order valence-corrected chi connectivity index (χ4v) is 3.26. The van der Waals surface area contributed by atoms with Crippen molar-refractivity contribution in [2.24, 2.45) is 11.1 Å². The fourth-order valence-electron chi connectivity index (χ4n) is 2.20. The normalized spacial score (nSPS) is 15.3. The molecule has 0 saturated heterocycles. The van der Waals surface area contributed by atoms with Crippen LogP contribution >= 0.6 is 11.6 Å². The van der Waals surface area contributed by atoms with Gasteiger partial charge in [0.05, 0.1) is 15.5 Å². The summed E-state index contributed by atoms with van der Waals surface area (Å²) >= 11 is 6.06. The Hall–Kier alpha value is -1.11. The van der Waals surface area contributed by atoms with Crippen LogP contribution in [0.25, 0.3) is 0 Å². The molecule has 0 bridgehead atoms. The lowest BCUT2D eigenvalue weighted by Crippen LogP contribution is -2.39. The van der Waals surface area contributed by atoms with E-state index in [-0.39, 0.29) is 27.4 Å². The minimum atomic E-state index is -4.01. The van der Waals surface area contributed by atoms with Gasteiger partial charge < -0.3 is 4.90 Å². The summed E-state index contributed by atoms with van der Waals surface area (Å²) < 4.78 is 23.4. The maximum atomic E-state index is 12.8. The van der Waals surface area contributed by atoms with Gasteiger partial charge in [-0.15, -0.1) is 0 Å². The number of amides is 1. The second-order valence-electron chi connectivity index (χ2n) is 5.65. The van der Waals surface area contributed by atoms with Crippen LogP contribution in [0.5, 0.6) is 0 Å². The minimum absolute atomic E-state index is 0.0315. The Morgan fingerprint density at radius 3 is 2.52 bits per heavy atom. The number of nitrogens with two attached hydrogens (primary N) is 1. The molecule has 1 saturated carbocycles. The monoisotopic (exact) mass is 330 g/mol. The molecule has 0 unspecified atom stereocenters. The second-order valence-corrected chi connectivity index (χ2v) is 7.59. The number of carbonyl (C=O) groups is 1. The molecule has 0 radical (unpaired) electrons. The van der Waals surface area contributed by atoms with E-state index in [0.717, 1.165) is 12.8 Å². The highest BCUT2D eigenvalue weighted by Crippen LogP contribution is 2.32. The second kappa shape index (κ2) is 5.94. The van der Waals surface area contributed by atoms with Gasteiger partial charge in [-0.2, -0.15) is 0 Å². The van der Waals surface area contributed by atoms with Crippen LogP contribution in [0.1, 0.15) is 37.0 Å². The van der Waals surface area contributed by atoms with Crippen LogP contribution < -0.4 is 5.14 Å². The Morgan fingerprint density at radius 1 is 1.43 bits per heavy atom. The molecule has 0 spiro atoms. The van der Waals surface area contributed by atoms with Crippen molar-refractivity contribution in [1.82, 2.24) is 4.90 Å². The van der Waals surface area contributed by atoms with Gasteiger partial charge in [-0.05, 0) is 44.7 Å². The number of carbonyl (C=O) groups excluding carboxylic acids is 1. The van der Waals surface area contributed by atoms with Crippen LogP contribution in [-0.4, -0.2) is 31.8 Å². The van der Waals surface area contributed by atoms with Gasteiger partial charge in [-0.3, -0.25) is 4.79 Å². The third kappa shape index (κ3) is 3.75. The standard InChI is InChI=1S/C14H19ClN2O3S/c1-9(2)17(8-10-6-7-10)14(18)13-11(15)4-3-5-12(13)21(16,19)20/h3-5,9-10H,6-8H2,1-2H3,(H2,16,19,20). The van der Waals surface area contributed by atoms with Crippen LogP contribution in [0.15, 0.2) is 23.1 Å². The maximum Gasteiger partial charge on any atom is 0.256 e. The van der Waals surface area contributed by atoms with Crippen LogP contribution in [0.3, 0.4) is 0 Å². The molecule has 2 rings (SSSR count). The Labute approximate surface area is 130 Å².